The van der Waals surface area contributed by atoms with Crippen LogP contribution in [0.5, 0.6) is 0 Å². The SMILES string of the molecule is CN=C(NCCCC(C)C)NCC1CCN(Cc2csc(C)n2)CC1. The van der Waals surface area contributed by atoms with Crippen molar-refractivity contribution in [3.05, 3.63) is 16.1 Å². The van der Waals surface area contributed by atoms with Gasteiger partial charge in [0.05, 0.1) is 10.7 Å². The van der Waals surface area contributed by atoms with Crippen LogP contribution in [0.15, 0.2) is 10.4 Å². The van der Waals surface area contributed by atoms with Crippen LogP contribution in [0, 0.1) is 18.8 Å². The maximum absolute atomic E-state index is 4.58. The number of thiazole rings is 1. The molecule has 2 heterocycles. The summed E-state index contributed by atoms with van der Waals surface area (Å²) >= 11 is 1.75. The molecule has 1 aliphatic heterocycles. The maximum atomic E-state index is 4.58. The van der Waals surface area contributed by atoms with Gasteiger partial charge >= 0.3 is 0 Å². The first-order chi connectivity index (χ1) is 12.1. The summed E-state index contributed by atoms with van der Waals surface area (Å²) in [6, 6.07) is 0. The lowest BCUT2D eigenvalue weighted by Gasteiger charge is -2.31. The summed E-state index contributed by atoms with van der Waals surface area (Å²) in [5, 5.41) is 10.3. The van der Waals surface area contributed by atoms with Gasteiger partial charge in [0.15, 0.2) is 5.96 Å². The van der Waals surface area contributed by atoms with Gasteiger partial charge in [0.1, 0.15) is 0 Å². The lowest BCUT2D eigenvalue weighted by atomic mass is 9.97. The zero-order valence-electron chi connectivity index (χ0n) is 16.3. The van der Waals surface area contributed by atoms with E-state index in [1.807, 2.05) is 7.05 Å². The molecular weight excluding hydrogens is 330 g/mol. The fourth-order valence-corrected chi connectivity index (χ4v) is 3.84. The van der Waals surface area contributed by atoms with E-state index in [-0.39, 0.29) is 0 Å². The number of aryl methyl sites for hydroxylation is 1. The predicted octanol–water partition coefficient (Wildman–Crippen LogP) is 3.26. The third-order valence-corrected chi connectivity index (χ3v) is 5.61. The maximum Gasteiger partial charge on any atom is 0.190 e. The number of aliphatic imine (C=N–C) groups is 1. The van der Waals surface area contributed by atoms with Gasteiger partial charge in [-0.2, -0.15) is 0 Å². The van der Waals surface area contributed by atoms with Crippen LogP contribution in [0.25, 0.3) is 0 Å². The van der Waals surface area contributed by atoms with Crippen molar-refractivity contribution in [2.24, 2.45) is 16.8 Å². The summed E-state index contributed by atoms with van der Waals surface area (Å²) < 4.78 is 0. The topological polar surface area (TPSA) is 52.6 Å². The van der Waals surface area contributed by atoms with E-state index in [0.29, 0.717) is 0 Å². The highest BCUT2D eigenvalue weighted by atomic mass is 32.1. The Balaban J connectivity index is 1.60. The molecule has 0 aliphatic carbocycles. The normalized spacial score (nSPS) is 17.2. The largest absolute Gasteiger partial charge is 0.356 e. The van der Waals surface area contributed by atoms with E-state index in [0.717, 1.165) is 37.4 Å². The van der Waals surface area contributed by atoms with Crippen molar-refractivity contribution >= 4 is 17.3 Å². The first-order valence-corrected chi connectivity index (χ1v) is 10.5. The molecule has 5 nitrogen and oxygen atoms in total. The van der Waals surface area contributed by atoms with Gasteiger partial charge in [0.2, 0.25) is 0 Å². The molecule has 1 aromatic heterocycles. The quantitative estimate of drug-likeness (QED) is 0.422. The predicted molar refractivity (Wildman–Crippen MR) is 108 cm³/mol. The number of aromatic nitrogens is 1. The zero-order valence-corrected chi connectivity index (χ0v) is 17.2. The molecule has 1 aromatic rings. The Morgan fingerprint density at radius 2 is 2.12 bits per heavy atom. The minimum absolute atomic E-state index is 0.739. The van der Waals surface area contributed by atoms with Gasteiger partial charge in [-0.05, 0) is 57.5 Å². The van der Waals surface area contributed by atoms with Crippen molar-refractivity contribution in [2.45, 2.75) is 53.0 Å². The Labute approximate surface area is 157 Å². The third kappa shape index (κ3) is 7.74. The highest BCUT2D eigenvalue weighted by Gasteiger charge is 2.20. The summed E-state index contributed by atoms with van der Waals surface area (Å²) in [6.07, 6.45) is 4.97. The summed E-state index contributed by atoms with van der Waals surface area (Å²) in [7, 11) is 1.86. The molecule has 0 amide bonds. The van der Waals surface area contributed by atoms with Crippen LogP contribution in [-0.4, -0.2) is 49.1 Å². The second kappa shape index (κ2) is 10.8. The van der Waals surface area contributed by atoms with E-state index in [2.05, 4.69) is 51.7 Å². The molecule has 6 heteroatoms. The summed E-state index contributed by atoms with van der Waals surface area (Å²) in [5.41, 5.74) is 1.23. The van der Waals surface area contributed by atoms with Crippen LogP contribution in [0.2, 0.25) is 0 Å². The highest BCUT2D eigenvalue weighted by Crippen LogP contribution is 2.19. The Hall–Kier alpha value is -1.14. The van der Waals surface area contributed by atoms with E-state index >= 15 is 0 Å². The Morgan fingerprint density at radius 1 is 1.36 bits per heavy atom. The van der Waals surface area contributed by atoms with Crippen LogP contribution < -0.4 is 10.6 Å². The second-order valence-corrected chi connectivity index (χ2v) is 8.56. The summed E-state index contributed by atoms with van der Waals surface area (Å²) in [5.74, 6) is 2.46. The minimum Gasteiger partial charge on any atom is -0.356 e. The molecule has 1 fully saturated rings. The second-order valence-electron chi connectivity index (χ2n) is 7.49. The van der Waals surface area contributed by atoms with Crippen LogP contribution >= 0.6 is 11.3 Å². The van der Waals surface area contributed by atoms with Gasteiger partial charge in [-0.3, -0.25) is 9.89 Å². The van der Waals surface area contributed by atoms with Gasteiger partial charge < -0.3 is 10.6 Å². The lowest BCUT2D eigenvalue weighted by Crippen LogP contribution is -2.43. The zero-order chi connectivity index (χ0) is 18.1. The van der Waals surface area contributed by atoms with Crippen LogP contribution in [0.1, 0.15) is 50.2 Å². The van der Waals surface area contributed by atoms with E-state index in [1.165, 1.54) is 49.5 Å². The average Bonchev–Trinajstić information content (AvgIpc) is 3.00. The number of piperidine rings is 1. The van der Waals surface area contributed by atoms with Crippen molar-refractivity contribution in [3.8, 4) is 0 Å². The van der Waals surface area contributed by atoms with Crippen LogP contribution in [0.3, 0.4) is 0 Å². The van der Waals surface area contributed by atoms with Crippen molar-refractivity contribution in [1.29, 1.82) is 0 Å². The fraction of sp³-hybridized carbons (Fsp3) is 0.789. The van der Waals surface area contributed by atoms with E-state index in [9.17, 15) is 0 Å². The molecule has 142 valence electrons. The fourth-order valence-electron chi connectivity index (χ4n) is 3.24. The van der Waals surface area contributed by atoms with Gasteiger partial charge in [0.25, 0.3) is 0 Å². The van der Waals surface area contributed by atoms with Gasteiger partial charge in [-0.25, -0.2) is 4.98 Å². The number of likely N-dealkylation sites (tertiary alicyclic amines) is 1. The first-order valence-electron chi connectivity index (χ1n) is 9.64. The van der Waals surface area contributed by atoms with Crippen molar-refractivity contribution in [2.75, 3.05) is 33.2 Å². The highest BCUT2D eigenvalue weighted by molar-refractivity contribution is 7.09. The monoisotopic (exact) mass is 365 g/mol. The molecule has 1 saturated heterocycles. The molecule has 0 radical (unpaired) electrons. The molecule has 0 saturated carbocycles. The molecule has 25 heavy (non-hydrogen) atoms. The number of nitrogens with one attached hydrogen (secondary N) is 2. The van der Waals surface area contributed by atoms with Gasteiger partial charge in [-0.15, -0.1) is 11.3 Å². The molecule has 2 N–H and O–H groups in total. The molecule has 0 atom stereocenters. The van der Waals surface area contributed by atoms with Crippen molar-refractivity contribution in [1.82, 2.24) is 20.5 Å². The molecule has 0 unspecified atom stereocenters. The van der Waals surface area contributed by atoms with E-state index < -0.39 is 0 Å². The smallest absolute Gasteiger partial charge is 0.190 e. The number of hydrogen-bond acceptors (Lipinski definition) is 4. The van der Waals surface area contributed by atoms with E-state index in [1.54, 1.807) is 11.3 Å². The van der Waals surface area contributed by atoms with Crippen LogP contribution in [-0.2, 0) is 6.54 Å². The summed E-state index contributed by atoms with van der Waals surface area (Å²) in [4.78, 5) is 11.5. The Bertz CT molecular complexity index is 518. The number of rotatable bonds is 8. The molecule has 0 bridgehead atoms. The molecule has 1 aliphatic rings. The number of nitrogens with zero attached hydrogens (tertiary/aromatic N) is 3. The van der Waals surface area contributed by atoms with Crippen molar-refractivity contribution in [3.63, 3.8) is 0 Å². The number of guanidine groups is 1. The Kier molecular flexibility index (Phi) is 8.68. The first kappa shape index (κ1) is 20.2. The van der Waals surface area contributed by atoms with Gasteiger partial charge in [-0.1, -0.05) is 13.8 Å². The lowest BCUT2D eigenvalue weighted by molar-refractivity contribution is 0.176. The molecule has 0 spiro atoms. The van der Waals surface area contributed by atoms with E-state index in [4.69, 9.17) is 0 Å². The summed E-state index contributed by atoms with van der Waals surface area (Å²) in [6.45, 7) is 12.0. The number of hydrogen-bond donors (Lipinski definition) is 2. The van der Waals surface area contributed by atoms with Crippen molar-refractivity contribution < 1.29 is 0 Å². The third-order valence-electron chi connectivity index (χ3n) is 4.79. The minimum atomic E-state index is 0.739. The molecule has 2 rings (SSSR count). The molecule has 0 aromatic carbocycles. The van der Waals surface area contributed by atoms with Crippen LogP contribution in [0.4, 0.5) is 0 Å². The van der Waals surface area contributed by atoms with Gasteiger partial charge in [0, 0.05) is 32.1 Å². The average molecular weight is 366 g/mol. The standard InChI is InChI=1S/C19H35N5S/c1-15(2)6-5-9-21-19(20-4)22-12-17-7-10-24(11-8-17)13-18-14-25-16(3)23-18/h14-15,17H,5-13H2,1-4H3,(H2,20,21,22). The molecular formula is C19H35N5S. The Morgan fingerprint density at radius 3 is 2.72 bits per heavy atom.